The third-order valence-corrected chi connectivity index (χ3v) is 1.65. The lowest BCUT2D eigenvalue weighted by atomic mass is 10.1. The lowest BCUT2D eigenvalue weighted by Crippen LogP contribution is -2.31. The minimum atomic E-state index is -0.225. The van der Waals surface area contributed by atoms with Crippen molar-refractivity contribution in [3.8, 4) is 0 Å². The summed E-state index contributed by atoms with van der Waals surface area (Å²) in [6.07, 6.45) is 0.261. The minimum absolute atomic E-state index is 0.225. The van der Waals surface area contributed by atoms with Crippen molar-refractivity contribution < 1.29 is 4.79 Å². The molecule has 0 saturated carbocycles. The van der Waals surface area contributed by atoms with Gasteiger partial charge < -0.3 is 0 Å². The molecule has 1 rings (SSSR count). The molecule has 0 spiro atoms. The summed E-state index contributed by atoms with van der Waals surface area (Å²) in [4.78, 5) is 10.8. The first kappa shape index (κ1) is 9.03. The lowest BCUT2D eigenvalue weighted by Gasteiger charge is -1.99. The monoisotopic (exact) mass is 184 g/mol. The zero-order chi connectivity index (χ0) is 8.97. The SMILES string of the molecule is NNC(=O)Cc1cccc(Cl)c1. The maximum atomic E-state index is 10.8. The van der Waals surface area contributed by atoms with Gasteiger partial charge in [0, 0.05) is 5.02 Å². The predicted octanol–water partition coefficient (Wildman–Crippen LogP) is 0.872. The van der Waals surface area contributed by atoms with Gasteiger partial charge in [-0.2, -0.15) is 0 Å². The molecule has 4 heteroatoms. The van der Waals surface area contributed by atoms with E-state index in [1.165, 1.54) is 0 Å². The molecule has 1 aromatic rings. The van der Waals surface area contributed by atoms with Crippen molar-refractivity contribution in [1.82, 2.24) is 5.43 Å². The van der Waals surface area contributed by atoms with Gasteiger partial charge in [-0.1, -0.05) is 23.7 Å². The number of carbonyl (C=O) groups excluding carboxylic acids is 1. The summed E-state index contributed by atoms with van der Waals surface area (Å²) >= 11 is 5.71. The number of benzene rings is 1. The third-order valence-electron chi connectivity index (χ3n) is 1.41. The Morgan fingerprint density at radius 3 is 2.92 bits per heavy atom. The van der Waals surface area contributed by atoms with Crippen molar-refractivity contribution in [3.63, 3.8) is 0 Å². The number of halogens is 1. The molecular formula is C8H9ClN2O. The predicted molar refractivity (Wildman–Crippen MR) is 47.5 cm³/mol. The van der Waals surface area contributed by atoms with Crippen LogP contribution < -0.4 is 11.3 Å². The van der Waals surface area contributed by atoms with Crippen LogP contribution in [0.5, 0.6) is 0 Å². The summed E-state index contributed by atoms with van der Waals surface area (Å²) in [6, 6.07) is 7.10. The highest BCUT2D eigenvalue weighted by Crippen LogP contribution is 2.10. The van der Waals surface area contributed by atoms with Gasteiger partial charge in [0.1, 0.15) is 0 Å². The first-order valence-corrected chi connectivity index (χ1v) is 3.84. The zero-order valence-electron chi connectivity index (χ0n) is 6.38. The molecule has 1 aromatic carbocycles. The van der Waals surface area contributed by atoms with E-state index < -0.39 is 0 Å². The Bertz CT molecular complexity index is 288. The summed E-state index contributed by atoms with van der Waals surface area (Å²) in [5.74, 6) is 4.70. The number of carbonyl (C=O) groups is 1. The standard InChI is InChI=1S/C8H9ClN2O/c9-7-3-1-2-6(4-7)5-8(12)11-10/h1-4H,5,10H2,(H,11,12). The molecule has 0 aliphatic heterocycles. The van der Waals surface area contributed by atoms with Crippen LogP contribution in [-0.2, 0) is 11.2 Å². The van der Waals surface area contributed by atoms with E-state index in [4.69, 9.17) is 17.4 Å². The molecule has 3 nitrogen and oxygen atoms in total. The van der Waals surface area contributed by atoms with Gasteiger partial charge in [-0.3, -0.25) is 10.2 Å². The molecule has 0 bridgehead atoms. The fraction of sp³-hybridized carbons (Fsp3) is 0.125. The van der Waals surface area contributed by atoms with Crippen LogP contribution in [-0.4, -0.2) is 5.91 Å². The van der Waals surface area contributed by atoms with Crippen LogP contribution in [0.4, 0.5) is 0 Å². The molecule has 0 radical (unpaired) electrons. The fourth-order valence-corrected chi connectivity index (χ4v) is 1.10. The summed E-state index contributed by atoms with van der Waals surface area (Å²) in [6.45, 7) is 0. The van der Waals surface area contributed by atoms with E-state index in [0.717, 1.165) is 5.56 Å². The van der Waals surface area contributed by atoms with Crippen molar-refractivity contribution in [1.29, 1.82) is 0 Å². The topological polar surface area (TPSA) is 55.1 Å². The van der Waals surface area contributed by atoms with Crippen molar-refractivity contribution in [2.75, 3.05) is 0 Å². The maximum absolute atomic E-state index is 10.8. The van der Waals surface area contributed by atoms with Crippen LogP contribution >= 0.6 is 11.6 Å². The Labute approximate surface area is 75.5 Å². The third kappa shape index (κ3) is 2.53. The second kappa shape index (κ2) is 4.09. The van der Waals surface area contributed by atoms with Gasteiger partial charge in [-0.15, -0.1) is 0 Å². The number of amides is 1. The number of hydrogen-bond donors (Lipinski definition) is 2. The van der Waals surface area contributed by atoms with Crippen molar-refractivity contribution in [2.45, 2.75) is 6.42 Å². The first-order valence-electron chi connectivity index (χ1n) is 3.46. The molecule has 0 aliphatic carbocycles. The number of nitrogens with two attached hydrogens (primary N) is 1. The van der Waals surface area contributed by atoms with E-state index in [1.54, 1.807) is 18.2 Å². The molecule has 1 amide bonds. The molecule has 64 valence electrons. The summed E-state index contributed by atoms with van der Waals surface area (Å²) < 4.78 is 0. The number of nitrogens with one attached hydrogen (secondary N) is 1. The van der Waals surface area contributed by atoms with Crippen LogP contribution in [0.15, 0.2) is 24.3 Å². The Kier molecular flexibility index (Phi) is 3.08. The molecular weight excluding hydrogens is 176 g/mol. The molecule has 12 heavy (non-hydrogen) atoms. The van der Waals surface area contributed by atoms with Gasteiger partial charge in [0.05, 0.1) is 6.42 Å². The van der Waals surface area contributed by atoms with Gasteiger partial charge >= 0.3 is 0 Å². The fourth-order valence-electron chi connectivity index (χ4n) is 0.883. The number of rotatable bonds is 2. The second-order valence-electron chi connectivity index (χ2n) is 2.37. The zero-order valence-corrected chi connectivity index (χ0v) is 7.14. The molecule has 0 aromatic heterocycles. The maximum Gasteiger partial charge on any atom is 0.238 e. The lowest BCUT2D eigenvalue weighted by molar-refractivity contribution is -0.120. The van der Waals surface area contributed by atoms with Gasteiger partial charge in [0.15, 0.2) is 0 Å². The van der Waals surface area contributed by atoms with Crippen LogP contribution in [0.3, 0.4) is 0 Å². The highest BCUT2D eigenvalue weighted by molar-refractivity contribution is 6.30. The molecule has 0 heterocycles. The van der Waals surface area contributed by atoms with E-state index in [1.807, 2.05) is 6.07 Å². The highest BCUT2D eigenvalue weighted by Gasteiger charge is 2.00. The highest BCUT2D eigenvalue weighted by atomic mass is 35.5. The first-order chi connectivity index (χ1) is 5.72. The molecule has 0 unspecified atom stereocenters. The molecule has 3 N–H and O–H groups in total. The summed E-state index contributed by atoms with van der Waals surface area (Å²) in [7, 11) is 0. The Hall–Kier alpha value is -1.06. The van der Waals surface area contributed by atoms with Crippen molar-refractivity contribution >= 4 is 17.5 Å². The Balaban J connectivity index is 2.69. The van der Waals surface area contributed by atoms with Crippen LogP contribution in [0.1, 0.15) is 5.56 Å². The summed E-state index contributed by atoms with van der Waals surface area (Å²) in [5.41, 5.74) is 2.90. The van der Waals surface area contributed by atoms with E-state index in [0.29, 0.717) is 5.02 Å². The van der Waals surface area contributed by atoms with E-state index in [9.17, 15) is 4.79 Å². The minimum Gasteiger partial charge on any atom is -0.294 e. The van der Waals surface area contributed by atoms with Crippen LogP contribution in [0.2, 0.25) is 5.02 Å². The number of hydrazine groups is 1. The van der Waals surface area contributed by atoms with Crippen molar-refractivity contribution in [3.05, 3.63) is 34.9 Å². The number of hydrogen-bond acceptors (Lipinski definition) is 2. The average molecular weight is 185 g/mol. The average Bonchev–Trinajstić information content (AvgIpc) is 2.04. The largest absolute Gasteiger partial charge is 0.294 e. The van der Waals surface area contributed by atoms with Crippen LogP contribution in [0, 0.1) is 0 Å². The van der Waals surface area contributed by atoms with Gasteiger partial charge in [0.25, 0.3) is 0 Å². The van der Waals surface area contributed by atoms with Crippen LogP contribution in [0.25, 0.3) is 0 Å². The van der Waals surface area contributed by atoms with Gasteiger partial charge in [-0.05, 0) is 17.7 Å². The van der Waals surface area contributed by atoms with Gasteiger partial charge in [-0.25, -0.2) is 5.84 Å². The molecule has 0 atom stereocenters. The van der Waals surface area contributed by atoms with E-state index in [-0.39, 0.29) is 12.3 Å². The van der Waals surface area contributed by atoms with E-state index >= 15 is 0 Å². The summed E-state index contributed by atoms with van der Waals surface area (Å²) in [5, 5.41) is 0.623. The van der Waals surface area contributed by atoms with Crippen molar-refractivity contribution in [2.24, 2.45) is 5.84 Å². The Morgan fingerprint density at radius 1 is 1.58 bits per heavy atom. The molecule has 0 aliphatic rings. The quantitative estimate of drug-likeness (QED) is 0.407. The van der Waals surface area contributed by atoms with Gasteiger partial charge in [0.2, 0.25) is 5.91 Å². The second-order valence-corrected chi connectivity index (χ2v) is 2.81. The smallest absolute Gasteiger partial charge is 0.238 e. The Morgan fingerprint density at radius 2 is 2.33 bits per heavy atom. The normalized spacial score (nSPS) is 9.50. The van der Waals surface area contributed by atoms with E-state index in [2.05, 4.69) is 5.43 Å². The molecule has 0 saturated heterocycles. The molecule has 0 fully saturated rings.